The first kappa shape index (κ1) is 11.3. The second-order valence-corrected chi connectivity index (χ2v) is 3.98. The smallest absolute Gasteiger partial charge is 0.251 e. The summed E-state index contributed by atoms with van der Waals surface area (Å²) < 4.78 is 0. The highest BCUT2D eigenvalue weighted by Gasteiger charge is 2.09. The van der Waals surface area contributed by atoms with Crippen molar-refractivity contribution in [2.45, 2.75) is 10.2 Å². The lowest BCUT2D eigenvalue weighted by molar-refractivity contribution is 0.897. The molecule has 2 heterocycles. The number of hydrogen-bond donors (Lipinski definition) is 3. The molecule has 0 aliphatic rings. The van der Waals surface area contributed by atoms with Crippen molar-refractivity contribution in [2.75, 3.05) is 0 Å². The van der Waals surface area contributed by atoms with Crippen molar-refractivity contribution in [1.82, 2.24) is 20.2 Å². The van der Waals surface area contributed by atoms with E-state index in [9.17, 15) is 4.79 Å². The number of H-pyrrole nitrogens is 1. The Labute approximate surface area is 100 Å². The van der Waals surface area contributed by atoms with E-state index in [2.05, 4.69) is 20.2 Å². The van der Waals surface area contributed by atoms with E-state index in [0.717, 1.165) is 11.8 Å². The lowest BCUT2D eigenvalue weighted by Gasteiger charge is -2.03. The highest BCUT2D eigenvalue weighted by molar-refractivity contribution is 7.99. The molecule has 2 aromatic heterocycles. The molecule has 0 aromatic carbocycles. The number of hydrogen-bond acceptors (Lipinski definition) is 6. The minimum Gasteiger partial charge on any atom is -0.384 e. The topological polar surface area (TPSA) is 121 Å². The molecule has 0 spiro atoms. The summed E-state index contributed by atoms with van der Waals surface area (Å²) in [4.78, 5) is 17.6. The molecule has 0 unspecified atom stereocenters. The molecule has 4 N–H and O–H groups in total. The molecule has 0 saturated heterocycles. The second kappa shape index (κ2) is 4.74. The van der Waals surface area contributed by atoms with Crippen LogP contribution in [0.25, 0.3) is 0 Å². The molecule has 0 aliphatic carbocycles. The zero-order chi connectivity index (χ0) is 12.3. The molecular formula is C9H8N6OS. The average molecular weight is 248 g/mol. The van der Waals surface area contributed by atoms with Gasteiger partial charge in [-0.2, -0.15) is 5.10 Å². The highest BCUT2D eigenvalue weighted by atomic mass is 32.2. The van der Waals surface area contributed by atoms with E-state index in [-0.39, 0.29) is 11.4 Å². The van der Waals surface area contributed by atoms with Gasteiger partial charge in [-0.05, 0) is 17.8 Å². The SMILES string of the molecule is N=C(N)c1ccnnc1Sc1nccc(=O)[nH]1. The van der Waals surface area contributed by atoms with E-state index >= 15 is 0 Å². The van der Waals surface area contributed by atoms with Crippen LogP contribution in [0.1, 0.15) is 5.56 Å². The van der Waals surface area contributed by atoms with Gasteiger partial charge < -0.3 is 10.7 Å². The van der Waals surface area contributed by atoms with Gasteiger partial charge in [0, 0.05) is 12.3 Å². The first-order valence-electron chi connectivity index (χ1n) is 4.56. The third-order valence-electron chi connectivity index (χ3n) is 1.82. The standard InChI is InChI=1S/C9H8N6OS/c10-7(11)5-1-4-13-15-8(5)17-9-12-3-2-6(16)14-9/h1-4H,(H3,10,11)(H,12,14,16). The van der Waals surface area contributed by atoms with Gasteiger partial charge in [-0.15, -0.1) is 5.10 Å². The quantitative estimate of drug-likeness (QED) is 0.399. The normalized spacial score (nSPS) is 10.1. The Kier molecular flexibility index (Phi) is 3.15. The minimum atomic E-state index is -0.254. The summed E-state index contributed by atoms with van der Waals surface area (Å²) >= 11 is 1.10. The molecule has 0 saturated carbocycles. The monoisotopic (exact) mass is 248 g/mol. The number of nitrogens with two attached hydrogens (primary N) is 1. The molecule has 0 radical (unpaired) electrons. The van der Waals surface area contributed by atoms with Crippen molar-refractivity contribution in [3.05, 3.63) is 40.4 Å². The average Bonchev–Trinajstić information content (AvgIpc) is 2.29. The third kappa shape index (κ3) is 2.67. The molecule has 0 atom stereocenters. The Morgan fingerprint density at radius 2 is 2.24 bits per heavy atom. The number of amidine groups is 1. The van der Waals surface area contributed by atoms with Crippen LogP contribution in [0, 0.1) is 5.41 Å². The Morgan fingerprint density at radius 3 is 2.94 bits per heavy atom. The van der Waals surface area contributed by atoms with Gasteiger partial charge in [0.25, 0.3) is 5.56 Å². The second-order valence-electron chi connectivity index (χ2n) is 3.01. The van der Waals surface area contributed by atoms with Crippen LogP contribution in [0.3, 0.4) is 0 Å². The number of nitrogen functional groups attached to an aromatic ring is 1. The largest absolute Gasteiger partial charge is 0.384 e. The summed E-state index contributed by atoms with van der Waals surface area (Å²) in [5.74, 6) is -0.110. The van der Waals surface area contributed by atoms with Crippen molar-refractivity contribution in [1.29, 1.82) is 5.41 Å². The summed E-state index contributed by atoms with van der Waals surface area (Å²) in [5, 5.41) is 15.7. The van der Waals surface area contributed by atoms with Gasteiger partial charge in [-0.25, -0.2) is 4.98 Å². The lowest BCUT2D eigenvalue weighted by Crippen LogP contribution is -2.13. The van der Waals surface area contributed by atoms with Crippen LogP contribution >= 0.6 is 11.8 Å². The number of nitrogens with zero attached hydrogens (tertiary/aromatic N) is 3. The van der Waals surface area contributed by atoms with Gasteiger partial charge in [0.1, 0.15) is 10.9 Å². The molecule has 86 valence electrons. The van der Waals surface area contributed by atoms with Crippen LogP contribution < -0.4 is 11.3 Å². The molecule has 0 aliphatic heterocycles. The van der Waals surface area contributed by atoms with E-state index in [1.807, 2.05) is 0 Å². The van der Waals surface area contributed by atoms with Crippen LogP contribution in [0.5, 0.6) is 0 Å². The summed E-state index contributed by atoms with van der Waals surface area (Å²) in [7, 11) is 0. The summed E-state index contributed by atoms with van der Waals surface area (Å²) in [6, 6.07) is 2.89. The van der Waals surface area contributed by atoms with Gasteiger partial charge in [0.2, 0.25) is 0 Å². The molecule has 17 heavy (non-hydrogen) atoms. The number of aromatic amines is 1. The molecule has 2 aromatic rings. The van der Waals surface area contributed by atoms with E-state index < -0.39 is 0 Å². The molecule has 0 bridgehead atoms. The predicted octanol–water partition coefficient (Wildman–Crippen LogP) is -0.00483. The van der Waals surface area contributed by atoms with Crippen LogP contribution in [-0.4, -0.2) is 26.0 Å². The predicted molar refractivity (Wildman–Crippen MR) is 62.0 cm³/mol. The zero-order valence-corrected chi connectivity index (χ0v) is 9.36. The lowest BCUT2D eigenvalue weighted by atomic mass is 10.3. The maximum atomic E-state index is 11.1. The van der Waals surface area contributed by atoms with Crippen molar-refractivity contribution in [3.8, 4) is 0 Å². The fourth-order valence-electron chi connectivity index (χ4n) is 1.09. The van der Waals surface area contributed by atoms with E-state index in [1.165, 1.54) is 18.5 Å². The van der Waals surface area contributed by atoms with Crippen molar-refractivity contribution in [3.63, 3.8) is 0 Å². The molecule has 0 fully saturated rings. The van der Waals surface area contributed by atoms with Crippen LogP contribution in [0.2, 0.25) is 0 Å². The molecule has 0 amide bonds. The maximum absolute atomic E-state index is 11.1. The summed E-state index contributed by atoms with van der Waals surface area (Å²) in [6.45, 7) is 0. The van der Waals surface area contributed by atoms with Crippen LogP contribution in [-0.2, 0) is 0 Å². The molecule has 2 rings (SSSR count). The van der Waals surface area contributed by atoms with Gasteiger partial charge in [-0.3, -0.25) is 10.2 Å². The Hall–Kier alpha value is -2.22. The molecular weight excluding hydrogens is 240 g/mol. The van der Waals surface area contributed by atoms with Crippen molar-refractivity contribution >= 4 is 17.6 Å². The Balaban J connectivity index is 2.36. The van der Waals surface area contributed by atoms with Gasteiger partial charge in [-0.1, -0.05) is 0 Å². The number of rotatable bonds is 3. The Morgan fingerprint density at radius 1 is 1.41 bits per heavy atom. The molecule has 7 nitrogen and oxygen atoms in total. The van der Waals surface area contributed by atoms with E-state index in [0.29, 0.717) is 15.7 Å². The van der Waals surface area contributed by atoms with Crippen molar-refractivity contribution in [2.24, 2.45) is 5.73 Å². The zero-order valence-electron chi connectivity index (χ0n) is 8.54. The van der Waals surface area contributed by atoms with Crippen LogP contribution in [0.4, 0.5) is 0 Å². The highest BCUT2D eigenvalue weighted by Crippen LogP contribution is 2.23. The summed E-state index contributed by atoms with van der Waals surface area (Å²) in [5.41, 5.74) is 5.61. The van der Waals surface area contributed by atoms with Crippen LogP contribution in [0.15, 0.2) is 39.5 Å². The van der Waals surface area contributed by atoms with E-state index in [4.69, 9.17) is 11.1 Å². The van der Waals surface area contributed by atoms with Gasteiger partial charge in [0.05, 0.1) is 11.8 Å². The minimum absolute atomic E-state index is 0.110. The molecule has 8 heteroatoms. The number of nitrogens with one attached hydrogen (secondary N) is 2. The maximum Gasteiger partial charge on any atom is 0.251 e. The summed E-state index contributed by atoms with van der Waals surface area (Å²) in [6.07, 6.45) is 2.84. The first-order chi connectivity index (χ1) is 8.16. The number of aromatic nitrogens is 4. The van der Waals surface area contributed by atoms with Gasteiger partial charge >= 0.3 is 0 Å². The van der Waals surface area contributed by atoms with E-state index in [1.54, 1.807) is 6.07 Å². The van der Waals surface area contributed by atoms with Crippen molar-refractivity contribution < 1.29 is 0 Å². The third-order valence-corrected chi connectivity index (χ3v) is 2.71. The fraction of sp³-hybridized carbons (Fsp3) is 0. The van der Waals surface area contributed by atoms with Gasteiger partial charge in [0.15, 0.2) is 5.16 Å². The Bertz CT molecular complexity index is 610. The fourth-order valence-corrected chi connectivity index (χ4v) is 1.92. The first-order valence-corrected chi connectivity index (χ1v) is 5.38.